The van der Waals surface area contributed by atoms with Crippen LogP contribution in [-0.4, -0.2) is 46.4 Å². The van der Waals surface area contributed by atoms with E-state index in [1.165, 1.54) is 12.1 Å². The number of rotatable bonds is 5. The van der Waals surface area contributed by atoms with Crippen LogP contribution in [0.25, 0.3) is 0 Å². The topological polar surface area (TPSA) is 86.7 Å². The fourth-order valence-electron chi connectivity index (χ4n) is 2.59. The summed E-state index contributed by atoms with van der Waals surface area (Å²) in [5, 5.41) is 11.7. The van der Waals surface area contributed by atoms with E-state index in [1.54, 1.807) is 17.0 Å². The SMILES string of the molecule is CC(C)N1CCC(NC(=O)Cc2cccc(C(=O)O)c2)C1=O. The van der Waals surface area contributed by atoms with Crippen LogP contribution in [-0.2, 0) is 16.0 Å². The summed E-state index contributed by atoms with van der Waals surface area (Å²) in [7, 11) is 0. The molecule has 1 heterocycles. The van der Waals surface area contributed by atoms with Crippen molar-refractivity contribution in [2.75, 3.05) is 6.54 Å². The van der Waals surface area contributed by atoms with Crippen molar-refractivity contribution in [1.82, 2.24) is 10.2 Å². The van der Waals surface area contributed by atoms with E-state index in [0.29, 0.717) is 18.5 Å². The number of aromatic carboxylic acids is 1. The second-order valence-corrected chi connectivity index (χ2v) is 5.72. The molecule has 2 amide bonds. The first-order valence-corrected chi connectivity index (χ1v) is 7.30. The van der Waals surface area contributed by atoms with Crippen molar-refractivity contribution >= 4 is 17.8 Å². The number of likely N-dealkylation sites (tertiary alicyclic amines) is 1. The Morgan fingerprint density at radius 1 is 1.41 bits per heavy atom. The van der Waals surface area contributed by atoms with Crippen LogP contribution >= 0.6 is 0 Å². The second-order valence-electron chi connectivity index (χ2n) is 5.72. The van der Waals surface area contributed by atoms with Gasteiger partial charge in [-0.1, -0.05) is 12.1 Å². The highest BCUT2D eigenvalue weighted by Crippen LogP contribution is 2.14. The Bertz CT molecular complexity index is 598. The van der Waals surface area contributed by atoms with Crippen molar-refractivity contribution in [3.8, 4) is 0 Å². The van der Waals surface area contributed by atoms with Gasteiger partial charge in [-0.2, -0.15) is 0 Å². The van der Waals surface area contributed by atoms with Crippen molar-refractivity contribution < 1.29 is 19.5 Å². The number of carboxylic acid groups (broad SMARTS) is 1. The highest BCUT2D eigenvalue weighted by molar-refractivity contribution is 5.91. The number of nitrogens with zero attached hydrogens (tertiary/aromatic N) is 1. The van der Waals surface area contributed by atoms with E-state index in [9.17, 15) is 14.4 Å². The van der Waals surface area contributed by atoms with Crippen LogP contribution < -0.4 is 5.32 Å². The molecule has 1 unspecified atom stereocenters. The maximum Gasteiger partial charge on any atom is 0.335 e. The van der Waals surface area contributed by atoms with E-state index < -0.39 is 12.0 Å². The van der Waals surface area contributed by atoms with Gasteiger partial charge in [0.25, 0.3) is 0 Å². The van der Waals surface area contributed by atoms with Crippen LogP contribution in [0.4, 0.5) is 0 Å². The van der Waals surface area contributed by atoms with Gasteiger partial charge in [-0.3, -0.25) is 9.59 Å². The molecule has 0 aliphatic carbocycles. The maximum absolute atomic E-state index is 12.1. The number of carboxylic acids is 1. The summed E-state index contributed by atoms with van der Waals surface area (Å²) in [5.41, 5.74) is 0.761. The van der Waals surface area contributed by atoms with E-state index >= 15 is 0 Å². The molecule has 118 valence electrons. The lowest BCUT2D eigenvalue weighted by molar-refractivity contribution is -0.133. The molecule has 1 aliphatic rings. The summed E-state index contributed by atoms with van der Waals surface area (Å²) in [6.45, 7) is 4.54. The van der Waals surface area contributed by atoms with Crippen molar-refractivity contribution in [3.63, 3.8) is 0 Å². The van der Waals surface area contributed by atoms with Gasteiger partial charge in [0.05, 0.1) is 12.0 Å². The average Bonchev–Trinajstić information content (AvgIpc) is 2.80. The number of hydrogen-bond acceptors (Lipinski definition) is 3. The molecular formula is C16H20N2O4. The number of carbonyl (C=O) groups is 3. The largest absolute Gasteiger partial charge is 0.478 e. The molecule has 2 N–H and O–H groups in total. The summed E-state index contributed by atoms with van der Waals surface area (Å²) >= 11 is 0. The zero-order valence-corrected chi connectivity index (χ0v) is 12.7. The number of carbonyl (C=O) groups excluding carboxylic acids is 2. The van der Waals surface area contributed by atoms with E-state index in [-0.39, 0.29) is 29.8 Å². The monoisotopic (exact) mass is 304 g/mol. The lowest BCUT2D eigenvalue weighted by atomic mass is 10.1. The molecule has 6 heteroatoms. The third-order valence-corrected chi connectivity index (χ3v) is 3.74. The van der Waals surface area contributed by atoms with Crippen molar-refractivity contribution in [3.05, 3.63) is 35.4 Å². The van der Waals surface area contributed by atoms with Gasteiger partial charge in [0.15, 0.2) is 0 Å². The normalized spacial score (nSPS) is 17.9. The molecule has 1 aromatic rings. The molecular weight excluding hydrogens is 284 g/mol. The zero-order chi connectivity index (χ0) is 16.3. The van der Waals surface area contributed by atoms with Gasteiger partial charge in [0.1, 0.15) is 6.04 Å². The number of hydrogen-bond donors (Lipinski definition) is 2. The van der Waals surface area contributed by atoms with Gasteiger partial charge >= 0.3 is 5.97 Å². The smallest absolute Gasteiger partial charge is 0.335 e. The molecule has 1 atom stereocenters. The Hall–Kier alpha value is -2.37. The fourth-order valence-corrected chi connectivity index (χ4v) is 2.59. The lowest BCUT2D eigenvalue weighted by Gasteiger charge is -2.21. The molecule has 6 nitrogen and oxygen atoms in total. The molecule has 0 saturated carbocycles. The fraction of sp³-hybridized carbons (Fsp3) is 0.438. The molecule has 1 aliphatic heterocycles. The molecule has 2 rings (SSSR count). The number of nitrogens with one attached hydrogen (secondary N) is 1. The van der Waals surface area contributed by atoms with Crippen LogP contribution in [0.2, 0.25) is 0 Å². The first kappa shape index (κ1) is 16.0. The molecule has 0 radical (unpaired) electrons. The first-order valence-electron chi connectivity index (χ1n) is 7.30. The van der Waals surface area contributed by atoms with Gasteiger partial charge in [-0.15, -0.1) is 0 Å². The van der Waals surface area contributed by atoms with Crippen LogP contribution in [0.5, 0.6) is 0 Å². The third kappa shape index (κ3) is 3.63. The van der Waals surface area contributed by atoms with Gasteiger partial charge in [0, 0.05) is 12.6 Å². The van der Waals surface area contributed by atoms with E-state index in [1.807, 2.05) is 13.8 Å². The van der Waals surface area contributed by atoms with Gasteiger partial charge < -0.3 is 15.3 Å². The van der Waals surface area contributed by atoms with E-state index in [4.69, 9.17) is 5.11 Å². The molecule has 22 heavy (non-hydrogen) atoms. The molecule has 1 fully saturated rings. The molecule has 0 aromatic heterocycles. The van der Waals surface area contributed by atoms with Crippen LogP contribution in [0.3, 0.4) is 0 Å². The Morgan fingerprint density at radius 3 is 2.73 bits per heavy atom. The third-order valence-electron chi connectivity index (χ3n) is 3.74. The van der Waals surface area contributed by atoms with Crippen molar-refractivity contribution in [2.24, 2.45) is 0 Å². The predicted octanol–water partition coefficient (Wildman–Crippen LogP) is 1.05. The Morgan fingerprint density at radius 2 is 2.14 bits per heavy atom. The highest BCUT2D eigenvalue weighted by atomic mass is 16.4. The minimum atomic E-state index is -1.03. The maximum atomic E-state index is 12.1. The standard InChI is InChI=1S/C16H20N2O4/c1-10(2)18-7-6-13(15(18)20)17-14(19)9-11-4-3-5-12(8-11)16(21)22/h3-5,8,10,13H,6-7,9H2,1-2H3,(H,17,19)(H,21,22). The summed E-state index contributed by atoms with van der Waals surface area (Å²) in [5.74, 6) is -1.35. The van der Waals surface area contributed by atoms with Gasteiger partial charge in [0.2, 0.25) is 11.8 Å². The summed E-state index contributed by atoms with van der Waals surface area (Å²) < 4.78 is 0. The van der Waals surface area contributed by atoms with Gasteiger partial charge in [-0.25, -0.2) is 4.79 Å². The minimum absolute atomic E-state index is 0.0531. The number of amides is 2. The van der Waals surface area contributed by atoms with Crippen molar-refractivity contribution in [2.45, 2.75) is 38.8 Å². The van der Waals surface area contributed by atoms with E-state index in [2.05, 4.69) is 5.32 Å². The second kappa shape index (κ2) is 6.60. The van der Waals surface area contributed by atoms with Crippen LogP contribution in [0, 0.1) is 0 Å². The van der Waals surface area contributed by atoms with E-state index in [0.717, 1.165) is 0 Å². The van der Waals surface area contributed by atoms with Crippen LogP contribution in [0.15, 0.2) is 24.3 Å². The molecule has 1 saturated heterocycles. The Balaban J connectivity index is 1.95. The molecule has 0 bridgehead atoms. The van der Waals surface area contributed by atoms with Crippen LogP contribution in [0.1, 0.15) is 36.2 Å². The molecule has 0 spiro atoms. The summed E-state index contributed by atoms with van der Waals surface area (Å²) in [6.07, 6.45) is 0.671. The average molecular weight is 304 g/mol. The predicted molar refractivity (Wildman–Crippen MR) is 80.5 cm³/mol. The highest BCUT2D eigenvalue weighted by Gasteiger charge is 2.33. The minimum Gasteiger partial charge on any atom is -0.478 e. The summed E-state index contributed by atoms with van der Waals surface area (Å²) in [6, 6.07) is 5.90. The lowest BCUT2D eigenvalue weighted by Crippen LogP contribution is -2.43. The molecule has 1 aromatic carbocycles. The summed E-state index contributed by atoms with van der Waals surface area (Å²) in [4.78, 5) is 36.8. The first-order chi connectivity index (χ1) is 10.4. The Labute approximate surface area is 129 Å². The quantitative estimate of drug-likeness (QED) is 0.851. The number of benzene rings is 1. The Kier molecular flexibility index (Phi) is 4.80. The van der Waals surface area contributed by atoms with Crippen molar-refractivity contribution in [1.29, 1.82) is 0 Å². The van der Waals surface area contributed by atoms with Gasteiger partial charge in [-0.05, 0) is 38.0 Å². The zero-order valence-electron chi connectivity index (χ0n) is 12.7.